The van der Waals surface area contributed by atoms with Crippen molar-refractivity contribution in [1.29, 1.82) is 0 Å². The van der Waals surface area contributed by atoms with Gasteiger partial charge >= 0.3 is 21.1 Å². The predicted octanol–water partition coefficient (Wildman–Crippen LogP) is 1.97. The second kappa shape index (κ2) is 8.93. The molecule has 12 heavy (non-hydrogen) atoms. The van der Waals surface area contributed by atoms with Crippen molar-refractivity contribution in [2.75, 3.05) is 0 Å². The quantitative estimate of drug-likeness (QED) is 0.545. The minimum absolute atomic E-state index is 0. The maximum atomic E-state index is 3.80. The van der Waals surface area contributed by atoms with Crippen LogP contribution in [0.3, 0.4) is 0 Å². The second-order valence-electron chi connectivity index (χ2n) is 2.05. The van der Waals surface area contributed by atoms with Gasteiger partial charge in [-0.05, 0) is 0 Å². The first-order valence-electron chi connectivity index (χ1n) is 3.07. The summed E-state index contributed by atoms with van der Waals surface area (Å²) in [7, 11) is 2.03. The molecule has 0 aliphatic rings. The maximum absolute atomic E-state index is 3.80. The third kappa shape index (κ3) is 4.66. The molecule has 0 saturated carbocycles. The van der Waals surface area contributed by atoms with Crippen LogP contribution >= 0.6 is 0 Å². The molecular weight excluding hydrogens is 318 g/mol. The van der Waals surface area contributed by atoms with E-state index in [-0.39, 0.29) is 35.9 Å². The fraction of sp³-hybridized carbons (Fsp3) is 0.300. The third-order valence-electron chi connectivity index (χ3n) is 1.42. The van der Waals surface area contributed by atoms with E-state index in [9.17, 15) is 0 Å². The molecule has 0 N–H and O–H groups in total. The van der Waals surface area contributed by atoms with Crippen molar-refractivity contribution in [3.63, 3.8) is 0 Å². The van der Waals surface area contributed by atoms with Crippen molar-refractivity contribution in [3.05, 3.63) is 44.4 Å². The van der Waals surface area contributed by atoms with Crippen LogP contribution in [0.15, 0.2) is 24.4 Å². The molecule has 2 heteroatoms. The Balaban J connectivity index is -0.000000270. The first-order valence-corrected chi connectivity index (χ1v) is 3.07. The summed E-state index contributed by atoms with van der Waals surface area (Å²) in [5.74, 6) is 0. The molecule has 0 saturated heterocycles. The molecule has 0 aliphatic carbocycles. The Kier molecular flexibility index (Phi) is 13.2. The van der Waals surface area contributed by atoms with Crippen molar-refractivity contribution in [2.45, 2.75) is 13.8 Å². The van der Waals surface area contributed by atoms with E-state index in [0.29, 0.717) is 0 Å². The van der Waals surface area contributed by atoms with Gasteiger partial charge in [-0.3, -0.25) is 0 Å². The Labute approximate surface area is 91.1 Å². The first kappa shape index (κ1) is 17.8. The average molecular weight is 336 g/mol. The largest absolute Gasteiger partial charge is 2.00 e. The smallest absolute Gasteiger partial charge is 0.358 e. The van der Waals surface area contributed by atoms with Crippen molar-refractivity contribution in [3.8, 4) is 0 Å². The minimum Gasteiger partial charge on any atom is -0.358 e. The van der Waals surface area contributed by atoms with E-state index >= 15 is 0 Å². The van der Waals surface area contributed by atoms with Crippen LogP contribution in [-0.4, -0.2) is 0 Å². The molecule has 0 spiro atoms. The number of aromatic nitrogens is 1. The monoisotopic (exact) mass is 336 g/mol. The summed E-state index contributed by atoms with van der Waals surface area (Å²) in [6.07, 6.45) is 2.89. The van der Waals surface area contributed by atoms with Gasteiger partial charge in [-0.15, -0.1) is 0 Å². The standard InChI is InChI=1S/C8H11N.CH4.CH3.W/c1-3-8-6-4-5-7-9(8)2;;;/h4-7H,1,3H2,2H3;1H4;1H3;/q;;-1;+2. The van der Waals surface area contributed by atoms with Gasteiger partial charge in [-0.2, -0.15) is 0 Å². The molecule has 0 atom stereocenters. The van der Waals surface area contributed by atoms with Gasteiger partial charge in [-0.25, -0.2) is 4.57 Å². The molecular formula is C10H18NW+. The number of aryl methyl sites for hydroxylation is 1. The maximum Gasteiger partial charge on any atom is 2.00 e. The fourth-order valence-electron chi connectivity index (χ4n) is 0.818. The molecule has 0 fully saturated rings. The van der Waals surface area contributed by atoms with Crippen LogP contribution in [0.2, 0.25) is 0 Å². The first-order chi connectivity index (χ1) is 4.34. The number of nitrogens with zero attached hydrogens (tertiary/aromatic N) is 1. The van der Waals surface area contributed by atoms with E-state index in [1.54, 1.807) is 0 Å². The fourth-order valence-corrected chi connectivity index (χ4v) is 0.818. The number of rotatable bonds is 1. The van der Waals surface area contributed by atoms with E-state index in [4.69, 9.17) is 0 Å². The van der Waals surface area contributed by atoms with Crippen molar-refractivity contribution in [1.82, 2.24) is 0 Å². The molecule has 68 valence electrons. The average Bonchev–Trinajstić information content (AvgIpc) is 1.89. The summed E-state index contributed by atoms with van der Waals surface area (Å²) in [6, 6.07) is 6.12. The van der Waals surface area contributed by atoms with Crippen LogP contribution in [0.1, 0.15) is 13.1 Å². The predicted molar refractivity (Wildman–Crippen MR) is 49.8 cm³/mol. The minimum atomic E-state index is 0. The molecule has 0 aliphatic heterocycles. The molecule has 0 unspecified atom stereocenters. The molecule has 1 aromatic rings. The van der Waals surface area contributed by atoms with Gasteiger partial charge in [0.2, 0.25) is 0 Å². The Morgan fingerprint density at radius 2 is 2.00 bits per heavy atom. The summed E-state index contributed by atoms with van der Waals surface area (Å²) < 4.78 is 2.08. The topological polar surface area (TPSA) is 3.88 Å². The zero-order chi connectivity index (χ0) is 6.69. The molecule has 1 rings (SSSR count). The van der Waals surface area contributed by atoms with Crippen molar-refractivity contribution >= 4 is 0 Å². The third-order valence-corrected chi connectivity index (χ3v) is 1.42. The molecule has 0 amide bonds. The normalized spacial score (nSPS) is 7.17. The molecule has 1 aromatic heterocycles. The Morgan fingerprint density at radius 3 is 2.33 bits per heavy atom. The van der Waals surface area contributed by atoms with E-state index in [1.165, 1.54) is 5.69 Å². The second-order valence-corrected chi connectivity index (χ2v) is 2.05. The summed E-state index contributed by atoms with van der Waals surface area (Å²) in [5.41, 5.74) is 1.26. The van der Waals surface area contributed by atoms with Crippen molar-refractivity contribution < 1.29 is 25.6 Å². The number of pyridine rings is 1. The van der Waals surface area contributed by atoms with E-state index < -0.39 is 0 Å². The number of hydrogen-bond acceptors (Lipinski definition) is 0. The summed E-state index contributed by atoms with van der Waals surface area (Å²) in [6.45, 7) is 3.80. The molecule has 1 heterocycles. The van der Waals surface area contributed by atoms with Gasteiger partial charge in [0.25, 0.3) is 0 Å². The summed E-state index contributed by atoms with van der Waals surface area (Å²) in [4.78, 5) is 0. The molecule has 0 aromatic carbocycles. The SMILES string of the molecule is C.[CH2-]Cc1cccc[n+]1C.[CH3-].[W+2]. The van der Waals surface area contributed by atoms with Crippen LogP contribution in [-0.2, 0) is 34.5 Å². The van der Waals surface area contributed by atoms with E-state index in [2.05, 4.69) is 17.6 Å². The van der Waals surface area contributed by atoms with Gasteiger partial charge in [0.15, 0.2) is 11.9 Å². The van der Waals surface area contributed by atoms with Crippen LogP contribution in [0, 0.1) is 14.4 Å². The van der Waals surface area contributed by atoms with Gasteiger partial charge in [0.05, 0.1) is 0 Å². The van der Waals surface area contributed by atoms with Crippen LogP contribution in [0.25, 0.3) is 0 Å². The van der Waals surface area contributed by atoms with Gasteiger partial charge in [0, 0.05) is 12.1 Å². The summed E-state index contributed by atoms with van der Waals surface area (Å²) in [5, 5.41) is 0. The summed E-state index contributed by atoms with van der Waals surface area (Å²) >= 11 is 0. The van der Waals surface area contributed by atoms with E-state index in [1.807, 2.05) is 25.4 Å². The van der Waals surface area contributed by atoms with Crippen LogP contribution in [0.4, 0.5) is 0 Å². The Morgan fingerprint density at radius 1 is 1.42 bits per heavy atom. The van der Waals surface area contributed by atoms with Crippen LogP contribution in [0.5, 0.6) is 0 Å². The van der Waals surface area contributed by atoms with Gasteiger partial charge in [-0.1, -0.05) is 19.9 Å². The van der Waals surface area contributed by atoms with Crippen LogP contribution < -0.4 is 4.57 Å². The van der Waals surface area contributed by atoms with Gasteiger partial charge in [0.1, 0.15) is 7.05 Å². The molecule has 0 radical (unpaired) electrons. The number of hydrogen-bond donors (Lipinski definition) is 0. The zero-order valence-corrected chi connectivity index (χ0v) is 10.0. The van der Waals surface area contributed by atoms with E-state index in [0.717, 1.165) is 6.42 Å². The van der Waals surface area contributed by atoms with Gasteiger partial charge < -0.3 is 14.4 Å². The molecule has 0 bridgehead atoms. The zero-order valence-electron chi connectivity index (χ0n) is 7.08. The Bertz CT molecular complexity index is 199. The Hall–Kier alpha value is -0.162. The van der Waals surface area contributed by atoms with Crippen molar-refractivity contribution in [2.24, 2.45) is 7.05 Å². The molecule has 1 nitrogen and oxygen atoms in total.